The first-order chi connectivity index (χ1) is 14.4. The fourth-order valence-electron chi connectivity index (χ4n) is 3.62. The summed E-state index contributed by atoms with van der Waals surface area (Å²) in [4.78, 5) is 2.26. The van der Waals surface area contributed by atoms with E-state index >= 15 is 0 Å². The maximum Gasteiger partial charge on any atom is 0.240 e. The van der Waals surface area contributed by atoms with Gasteiger partial charge in [0.2, 0.25) is 10.0 Å². The van der Waals surface area contributed by atoms with Crippen LogP contribution >= 0.6 is 12.2 Å². The predicted molar refractivity (Wildman–Crippen MR) is 121 cm³/mol. The van der Waals surface area contributed by atoms with Gasteiger partial charge in [0.1, 0.15) is 0 Å². The average Bonchev–Trinajstić information content (AvgIpc) is 2.77. The Kier molecular flexibility index (Phi) is 7.17. The Morgan fingerprint density at radius 1 is 1.17 bits per heavy atom. The van der Waals surface area contributed by atoms with E-state index in [2.05, 4.69) is 10.0 Å². The van der Waals surface area contributed by atoms with Crippen molar-refractivity contribution >= 4 is 27.4 Å². The van der Waals surface area contributed by atoms with Crippen LogP contribution in [0.2, 0.25) is 0 Å². The van der Waals surface area contributed by atoms with E-state index in [9.17, 15) is 8.42 Å². The number of nitrogens with zero attached hydrogens (tertiary/aromatic N) is 1. The standard InChI is InChI=1S/C21H27N3O4S2/c1-4-22-21(29)24-11-10-15-12-19(27-2)20(28-3)13-17(15)18(24)14-23-30(25,26)16-8-6-5-7-9-16/h5-9,12-13,18,23H,4,10-11,14H2,1-3H3,(H,22,29). The van der Waals surface area contributed by atoms with E-state index in [1.54, 1.807) is 44.6 Å². The number of rotatable bonds is 7. The highest BCUT2D eigenvalue weighted by atomic mass is 32.2. The van der Waals surface area contributed by atoms with Gasteiger partial charge in [-0.15, -0.1) is 0 Å². The van der Waals surface area contributed by atoms with Gasteiger partial charge in [0.15, 0.2) is 16.6 Å². The third kappa shape index (κ3) is 4.69. The lowest BCUT2D eigenvalue weighted by molar-refractivity contribution is 0.291. The topological polar surface area (TPSA) is 79.9 Å². The number of hydrogen-bond donors (Lipinski definition) is 2. The van der Waals surface area contributed by atoms with Gasteiger partial charge >= 0.3 is 0 Å². The van der Waals surface area contributed by atoms with Gasteiger partial charge in [0, 0.05) is 19.6 Å². The molecule has 0 spiro atoms. The van der Waals surface area contributed by atoms with E-state index in [-0.39, 0.29) is 17.5 Å². The van der Waals surface area contributed by atoms with E-state index in [4.69, 9.17) is 21.7 Å². The zero-order valence-electron chi connectivity index (χ0n) is 17.3. The smallest absolute Gasteiger partial charge is 0.240 e. The number of ether oxygens (including phenoxy) is 2. The van der Waals surface area contributed by atoms with Gasteiger partial charge in [-0.2, -0.15) is 0 Å². The zero-order chi connectivity index (χ0) is 21.7. The molecule has 1 atom stereocenters. The van der Waals surface area contributed by atoms with E-state index in [0.717, 1.165) is 17.5 Å². The summed E-state index contributed by atoms with van der Waals surface area (Å²) in [6.45, 7) is 3.51. The summed E-state index contributed by atoms with van der Waals surface area (Å²) < 4.78 is 39.2. The molecular weight excluding hydrogens is 422 g/mol. The van der Waals surface area contributed by atoms with Gasteiger partial charge < -0.3 is 19.7 Å². The number of fused-ring (bicyclic) bond motifs is 1. The molecule has 2 aromatic carbocycles. The van der Waals surface area contributed by atoms with Gasteiger partial charge in [-0.05, 0) is 61.0 Å². The molecule has 162 valence electrons. The van der Waals surface area contributed by atoms with Crippen LogP contribution in [0.25, 0.3) is 0 Å². The molecule has 1 aliphatic heterocycles. The molecule has 2 aromatic rings. The maximum atomic E-state index is 12.8. The van der Waals surface area contributed by atoms with Crippen molar-refractivity contribution in [3.05, 3.63) is 53.6 Å². The molecule has 9 heteroatoms. The summed E-state index contributed by atoms with van der Waals surface area (Å²) in [5, 5.41) is 3.78. The van der Waals surface area contributed by atoms with Crippen molar-refractivity contribution in [1.82, 2.24) is 14.9 Å². The van der Waals surface area contributed by atoms with Crippen LogP contribution in [0.1, 0.15) is 24.1 Å². The SMILES string of the molecule is CCNC(=S)N1CCc2cc(OC)c(OC)cc2C1CNS(=O)(=O)c1ccccc1. The van der Waals surface area contributed by atoms with Crippen molar-refractivity contribution < 1.29 is 17.9 Å². The zero-order valence-corrected chi connectivity index (χ0v) is 19.0. The second kappa shape index (κ2) is 9.63. The van der Waals surface area contributed by atoms with E-state index in [1.165, 1.54) is 0 Å². The van der Waals surface area contributed by atoms with Crippen LogP contribution in [0, 0.1) is 0 Å². The van der Waals surface area contributed by atoms with Crippen molar-refractivity contribution in [2.45, 2.75) is 24.3 Å². The highest BCUT2D eigenvalue weighted by Crippen LogP contribution is 2.38. The molecule has 0 fully saturated rings. The monoisotopic (exact) mass is 449 g/mol. The number of sulfonamides is 1. The Hall–Kier alpha value is -2.36. The fourth-order valence-corrected chi connectivity index (χ4v) is 5.04. The summed E-state index contributed by atoms with van der Waals surface area (Å²) in [6, 6.07) is 11.9. The minimum Gasteiger partial charge on any atom is -0.493 e. The number of thiocarbonyl (C=S) groups is 1. The second-order valence-corrected chi connectivity index (χ2v) is 9.02. The maximum absolute atomic E-state index is 12.8. The van der Waals surface area contributed by atoms with Crippen molar-refractivity contribution in [2.75, 3.05) is 33.9 Å². The van der Waals surface area contributed by atoms with E-state index in [0.29, 0.717) is 29.7 Å². The van der Waals surface area contributed by atoms with Crippen LogP contribution in [0.5, 0.6) is 11.5 Å². The average molecular weight is 450 g/mol. The predicted octanol–water partition coefficient (Wildman–Crippen LogP) is 2.48. The van der Waals surface area contributed by atoms with Gasteiger partial charge in [-0.1, -0.05) is 18.2 Å². The van der Waals surface area contributed by atoms with Gasteiger partial charge in [0.25, 0.3) is 0 Å². The molecule has 3 rings (SSSR count). The second-order valence-electron chi connectivity index (χ2n) is 6.87. The molecule has 0 saturated heterocycles. The molecule has 2 N–H and O–H groups in total. The minimum atomic E-state index is -3.65. The van der Waals surface area contributed by atoms with Gasteiger partial charge in [-0.25, -0.2) is 13.1 Å². The fraction of sp³-hybridized carbons (Fsp3) is 0.381. The Balaban J connectivity index is 1.96. The molecule has 1 heterocycles. The molecule has 30 heavy (non-hydrogen) atoms. The first-order valence-corrected chi connectivity index (χ1v) is 11.6. The Bertz CT molecular complexity index is 997. The lowest BCUT2D eigenvalue weighted by Gasteiger charge is -2.39. The summed E-state index contributed by atoms with van der Waals surface area (Å²) >= 11 is 5.57. The van der Waals surface area contributed by atoms with Crippen LogP contribution in [0.3, 0.4) is 0 Å². The number of benzene rings is 2. The molecule has 1 aliphatic rings. The van der Waals surface area contributed by atoms with E-state index in [1.807, 2.05) is 24.0 Å². The lowest BCUT2D eigenvalue weighted by atomic mass is 9.92. The third-order valence-corrected chi connectivity index (χ3v) is 6.93. The van der Waals surface area contributed by atoms with Crippen LogP contribution in [0.15, 0.2) is 47.4 Å². The molecule has 0 bridgehead atoms. The Morgan fingerprint density at radius 3 is 2.47 bits per heavy atom. The van der Waals surface area contributed by atoms with E-state index < -0.39 is 10.0 Å². The molecule has 0 radical (unpaired) electrons. The summed E-state index contributed by atoms with van der Waals surface area (Å²) in [5.41, 5.74) is 2.06. The summed E-state index contributed by atoms with van der Waals surface area (Å²) in [7, 11) is -0.462. The largest absolute Gasteiger partial charge is 0.493 e. The Labute approximate surface area is 183 Å². The van der Waals surface area contributed by atoms with Crippen molar-refractivity contribution in [1.29, 1.82) is 0 Å². The molecule has 0 amide bonds. The molecule has 7 nitrogen and oxygen atoms in total. The normalized spacial score (nSPS) is 16.0. The van der Waals surface area contributed by atoms with Crippen molar-refractivity contribution in [3.8, 4) is 11.5 Å². The first-order valence-electron chi connectivity index (χ1n) is 9.75. The van der Waals surface area contributed by atoms with Crippen LogP contribution < -0.4 is 19.5 Å². The molecule has 0 aliphatic carbocycles. The van der Waals surface area contributed by atoms with Gasteiger partial charge in [-0.3, -0.25) is 0 Å². The molecular formula is C21H27N3O4S2. The van der Waals surface area contributed by atoms with Crippen molar-refractivity contribution in [3.63, 3.8) is 0 Å². The summed E-state index contributed by atoms with van der Waals surface area (Å²) in [6.07, 6.45) is 0.767. The minimum absolute atomic E-state index is 0.172. The van der Waals surface area contributed by atoms with Gasteiger partial charge in [0.05, 0.1) is 25.2 Å². The molecule has 0 aromatic heterocycles. The first kappa shape index (κ1) is 22.3. The van der Waals surface area contributed by atoms with Crippen LogP contribution in [0.4, 0.5) is 0 Å². The highest BCUT2D eigenvalue weighted by Gasteiger charge is 2.31. The summed E-state index contributed by atoms with van der Waals surface area (Å²) in [5.74, 6) is 1.26. The third-order valence-electron chi connectivity index (χ3n) is 5.11. The quantitative estimate of drug-likeness (QED) is 0.629. The number of nitrogens with one attached hydrogen (secondary N) is 2. The Morgan fingerprint density at radius 2 is 1.83 bits per heavy atom. The number of hydrogen-bond acceptors (Lipinski definition) is 5. The molecule has 0 saturated carbocycles. The van der Waals surface area contributed by atoms with Crippen LogP contribution in [-0.2, 0) is 16.4 Å². The van der Waals surface area contributed by atoms with Crippen molar-refractivity contribution in [2.24, 2.45) is 0 Å². The van der Waals surface area contributed by atoms with Crippen LogP contribution in [-0.4, -0.2) is 52.3 Å². The lowest BCUT2D eigenvalue weighted by Crippen LogP contribution is -2.48. The highest BCUT2D eigenvalue weighted by molar-refractivity contribution is 7.89. The number of methoxy groups -OCH3 is 2. The molecule has 1 unspecified atom stereocenters.